The average molecular weight is 422 g/mol. The van der Waals surface area contributed by atoms with E-state index in [1.54, 1.807) is 36.4 Å². The first-order chi connectivity index (χ1) is 9.50. The second-order valence-corrected chi connectivity index (χ2v) is 6.46. The maximum absolute atomic E-state index is 12.1. The van der Waals surface area contributed by atoms with Crippen molar-refractivity contribution in [1.29, 1.82) is 0 Å². The molecule has 0 amide bonds. The van der Waals surface area contributed by atoms with E-state index in [0.717, 1.165) is 0 Å². The first-order valence-corrected chi connectivity index (χ1v) is 7.25. The zero-order chi connectivity index (χ0) is 16.0. The van der Waals surface area contributed by atoms with Gasteiger partial charge in [-0.2, -0.15) is 13.2 Å². The number of carbonyl (C=O) groups excluding carboxylic acids is 1. The van der Waals surface area contributed by atoms with Gasteiger partial charge in [-0.1, -0.05) is 0 Å². The lowest BCUT2D eigenvalue weighted by Crippen LogP contribution is -2.39. The van der Waals surface area contributed by atoms with E-state index in [2.05, 4.69) is 4.74 Å². The first-order valence-electron chi connectivity index (χ1n) is 6.17. The van der Waals surface area contributed by atoms with E-state index in [1.165, 1.54) is 0 Å². The third kappa shape index (κ3) is 3.88. The lowest BCUT2D eigenvalue weighted by molar-refractivity contribution is -0.184. The largest absolute Gasteiger partial charge is 0.453 e. The molecule has 120 valence electrons. The Bertz CT molecular complexity index is 474. The summed E-state index contributed by atoms with van der Waals surface area (Å²) in [6, 6.07) is 0. The predicted octanol–water partition coefficient (Wildman–Crippen LogP) is 2.07. The molecule has 0 aromatic heterocycles. The van der Waals surface area contributed by atoms with Gasteiger partial charge in [0.15, 0.2) is 12.4 Å². The van der Waals surface area contributed by atoms with Crippen molar-refractivity contribution < 1.29 is 37.3 Å². The van der Waals surface area contributed by atoms with Gasteiger partial charge in [-0.15, -0.1) is 0 Å². The van der Waals surface area contributed by atoms with Crippen molar-refractivity contribution >= 4 is 28.6 Å². The van der Waals surface area contributed by atoms with Gasteiger partial charge in [-0.25, -0.2) is 4.79 Å². The summed E-state index contributed by atoms with van der Waals surface area (Å²) < 4.78 is 52.0. The first kappa shape index (κ1) is 17.0. The minimum Gasteiger partial charge on any atom is -0.453 e. The van der Waals surface area contributed by atoms with Crippen LogP contribution in [-0.2, 0) is 19.0 Å². The Morgan fingerprint density at radius 3 is 2.67 bits per heavy atom. The molecule has 0 bridgehead atoms. The zero-order valence-electron chi connectivity index (χ0n) is 11.2. The van der Waals surface area contributed by atoms with Crippen LogP contribution < -0.4 is 0 Å². The Kier molecular flexibility index (Phi) is 4.58. The molecule has 0 saturated carbocycles. The highest BCUT2D eigenvalue weighted by molar-refractivity contribution is 14.1. The Morgan fingerprint density at radius 2 is 2.10 bits per heavy atom. The monoisotopic (exact) mass is 422 g/mol. The summed E-state index contributed by atoms with van der Waals surface area (Å²) in [5, 5.41) is 9.91. The number of aliphatic hydroxyl groups is 1. The third-order valence-electron chi connectivity index (χ3n) is 3.06. The number of halogens is 4. The van der Waals surface area contributed by atoms with E-state index >= 15 is 0 Å². The topological polar surface area (TPSA) is 65.0 Å². The van der Waals surface area contributed by atoms with Gasteiger partial charge in [0.2, 0.25) is 0 Å². The van der Waals surface area contributed by atoms with Gasteiger partial charge < -0.3 is 19.3 Å². The summed E-state index contributed by atoms with van der Waals surface area (Å²) >= 11 is 1.72. The molecule has 2 rings (SSSR count). The highest BCUT2D eigenvalue weighted by atomic mass is 127. The lowest BCUT2D eigenvalue weighted by Gasteiger charge is -2.28. The Morgan fingerprint density at radius 1 is 1.48 bits per heavy atom. The van der Waals surface area contributed by atoms with Gasteiger partial charge in [0.25, 0.3) is 0 Å². The number of hydrogen-bond acceptors (Lipinski definition) is 5. The van der Waals surface area contributed by atoms with Crippen molar-refractivity contribution in [2.75, 3.05) is 6.61 Å². The van der Waals surface area contributed by atoms with Crippen molar-refractivity contribution in [1.82, 2.24) is 0 Å². The highest BCUT2D eigenvalue weighted by Crippen LogP contribution is 2.42. The normalized spacial score (nSPS) is 32.0. The van der Waals surface area contributed by atoms with Gasteiger partial charge >= 0.3 is 12.1 Å². The number of aliphatic hydroxyl groups excluding tert-OH is 1. The van der Waals surface area contributed by atoms with Crippen LogP contribution in [0.3, 0.4) is 0 Å². The van der Waals surface area contributed by atoms with Gasteiger partial charge in [0.05, 0.1) is 17.8 Å². The Balaban J connectivity index is 2.21. The number of rotatable bonds is 2. The molecular weight excluding hydrogens is 408 g/mol. The fourth-order valence-corrected chi connectivity index (χ4v) is 3.11. The Hall–Kier alpha value is -0.390. The fourth-order valence-electron chi connectivity index (χ4n) is 2.33. The van der Waals surface area contributed by atoms with Crippen molar-refractivity contribution in [3.63, 3.8) is 0 Å². The molecule has 1 aliphatic carbocycles. The molecule has 0 aromatic rings. The number of esters is 1. The second kappa shape index (κ2) is 5.67. The summed E-state index contributed by atoms with van der Waals surface area (Å²) in [7, 11) is 0. The molecule has 1 aliphatic heterocycles. The number of carbonyl (C=O) groups is 1. The molecule has 1 N–H and O–H groups in total. The van der Waals surface area contributed by atoms with Crippen molar-refractivity contribution in [3.05, 3.63) is 9.15 Å². The minimum atomic E-state index is -4.61. The Labute approximate surface area is 132 Å². The van der Waals surface area contributed by atoms with E-state index in [1.807, 2.05) is 0 Å². The van der Waals surface area contributed by atoms with Crippen LogP contribution in [0.2, 0.25) is 0 Å². The van der Waals surface area contributed by atoms with E-state index in [0.29, 0.717) is 0 Å². The van der Waals surface area contributed by atoms with E-state index < -0.39 is 42.9 Å². The predicted molar refractivity (Wildman–Crippen MR) is 72.5 cm³/mol. The molecule has 0 unspecified atom stereocenters. The number of alkyl halides is 3. The molecule has 1 fully saturated rings. The van der Waals surface area contributed by atoms with Crippen molar-refractivity contribution in [2.24, 2.45) is 0 Å². The zero-order valence-corrected chi connectivity index (χ0v) is 13.4. The van der Waals surface area contributed by atoms with E-state index in [-0.39, 0.29) is 15.6 Å². The number of fused-ring (bicyclic) bond motifs is 1. The summed E-state index contributed by atoms with van der Waals surface area (Å²) in [5.74, 6) is -2.13. The van der Waals surface area contributed by atoms with Crippen LogP contribution >= 0.6 is 22.6 Å². The molecular formula is C12H14F3IO5. The van der Waals surface area contributed by atoms with Crippen LogP contribution in [-0.4, -0.2) is 48.0 Å². The maximum atomic E-state index is 12.1. The van der Waals surface area contributed by atoms with Gasteiger partial charge in [-0.05, 0) is 36.4 Å². The van der Waals surface area contributed by atoms with Crippen LogP contribution in [0.4, 0.5) is 13.2 Å². The van der Waals surface area contributed by atoms with Crippen LogP contribution in [0.1, 0.15) is 20.3 Å². The van der Waals surface area contributed by atoms with Crippen molar-refractivity contribution in [2.45, 2.75) is 50.5 Å². The number of hydrogen-bond donors (Lipinski definition) is 1. The van der Waals surface area contributed by atoms with E-state index in [4.69, 9.17) is 9.47 Å². The highest BCUT2D eigenvalue weighted by Gasteiger charge is 2.50. The summed E-state index contributed by atoms with van der Waals surface area (Å²) in [4.78, 5) is 11.9. The molecule has 3 atom stereocenters. The fraction of sp³-hybridized carbons (Fsp3) is 0.750. The smallest absolute Gasteiger partial charge is 0.422 e. The molecule has 5 nitrogen and oxygen atoms in total. The quantitative estimate of drug-likeness (QED) is 0.546. The molecule has 1 heterocycles. The standard InChI is InChI=1S/C12H14F3IO5/c1-11(2)20-6-3-5(17)8(16)7(9(6)21-11)10(18)19-4-12(13,14)15/h5-6,9,17H,3-4H2,1-2H3/t5-,6-,9-/m0/s1. The molecule has 21 heavy (non-hydrogen) atoms. The maximum Gasteiger partial charge on any atom is 0.422 e. The van der Waals surface area contributed by atoms with Crippen molar-refractivity contribution in [3.8, 4) is 0 Å². The second-order valence-electron chi connectivity index (χ2n) is 5.30. The molecule has 9 heteroatoms. The molecule has 0 aromatic carbocycles. The SMILES string of the molecule is CC1(C)O[C@H]2C[C@H](O)C(I)=C(C(=O)OCC(F)(F)F)[C@H]2O1. The van der Waals surface area contributed by atoms with E-state index in [9.17, 15) is 23.1 Å². The van der Waals surface area contributed by atoms with Gasteiger partial charge in [0, 0.05) is 10.0 Å². The summed E-state index contributed by atoms with van der Waals surface area (Å²) in [6.45, 7) is 1.57. The van der Waals surface area contributed by atoms with Crippen LogP contribution in [0, 0.1) is 0 Å². The average Bonchev–Trinajstić information content (AvgIpc) is 2.60. The van der Waals surface area contributed by atoms with Gasteiger partial charge in [0.1, 0.15) is 6.10 Å². The molecule has 0 spiro atoms. The molecule has 2 aliphatic rings. The molecule has 0 radical (unpaired) electrons. The van der Waals surface area contributed by atoms with Crippen LogP contribution in [0.25, 0.3) is 0 Å². The summed E-state index contributed by atoms with van der Waals surface area (Å²) in [5.41, 5.74) is -0.103. The third-order valence-corrected chi connectivity index (χ3v) is 4.36. The molecule has 1 saturated heterocycles. The number of ether oxygens (including phenoxy) is 3. The minimum absolute atomic E-state index is 0.103. The van der Waals surface area contributed by atoms with Gasteiger partial charge in [-0.3, -0.25) is 0 Å². The lowest BCUT2D eigenvalue weighted by atomic mass is 9.92. The summed E-state index contributed by atoms with van der Waals surface area (Å²) in [6.07, 6.45) is -6.82. The van der Waals surface area contributed by atoms with Crippen LogP contribution in [0.15, 0.2) is 9.15 Å². The van der Waals surface area contributed by atoms with Crippen LogP contribution in [0.5, 0.6) is 0 Å².